The third-order valence-corrected chi connectivity index (χ3v) is 2.88. The summed E-state index contributed by atoms with van der Waals surface area (Å²) in [6, 6.07) is 0. The molecule has 0 radical (unpaired) electrons. The van der Waals surface area contributed by atoms with Gasteiger partial charge in [0.05, 0.1) is 0 Å². The minimum absolute atomic E-state index is 0.626. The van der Waals surface area contributed by atoms with Crippen LogP contribution in [0.1, 0.15) is 13.8 Å². The summed E-state index contributed by atoms with van der Waals surface area (Å²) in [4.78, 5) is 1.11. The van der Waals surface area contributed by atoms with E-state index in [9.17, 15) is 0 Å². The highest BCUT2D eigenvalue weighted by Gasteiger charge is 2.05. The van der Waals surface area contributed by atoms with E-state index in [4.69, 9.17) is 0 Å². The van der Waals surface area contributed by atoms with E-state index in [-0.39, 0.29) is 0 Å². The standard InChI is InChI=1S/C7H10S2/c1-5-3-6(2)9-4-7(5)8/h3-4,6,8H,1-2H3. The van der Waals surface area contributed by atoms with Crippen LogP contribution in [0, 0.1) is 0 Å². The molecule has 0 aliphatic carbocycles. The Hall–Kier alpha value is 0.180. The second-order valence-electron chi connectivity index (χ2n) is 2.19. The first-order valence-electron chi connectivity index (χ1n) is 2.93. The quantitative estimate of drug-likeness (QED) is 0.529. The van der Waals surface area contributed by atoms with Crippen molar-refractivity contribution in [1.82, 2.24) is 0 Å². The summed E-state index contributed by atoms with van der Waals surface area (Å²) in [5, 5.41) is 2.73. The second-order valence-corrected chi connectivity index (χ2v) is 3.93. The Balaban J connectivity index is 2.75. The Morgan fingerprint density at radius 1 is 1.67 bits per heavy atom. The summed E-state index contributed by atoms with van der Waals surface area (Å²) >= 11 is 6.08. The molecule has 0 nitrogen and oxygen atoms in total. The highest BCUT2D eigenvalue weighted by Crippen LogP contribution is 2.28. The van der Waals surface area contributed by atoms with E-state index in [1.165, 1.54) is 5.57 Å². The Kier molecular flexibility index (Phi) is 2.30. The summed E-state index contributed by atoms with van der Waals surface area (Å²) in [6.07, 6.45) is 2.23. The lowest BCUT2D eigenvalue weighted by atomic mass is 10.2. The van der Waals surface area contributed by atoms with Crippen LogP contribution in [-0.4, -0.2) is 5.25 Å². The molecule has 1 unspecified atom stereocenters. The molecule has 1 heterocycles. The fourth-order valence-corrected chi connectivity index (χ4v) is 1.81. The predicted octanol–water partition coefficient (Wildman–Crippen LogP) is 2.84. The van der Waals surface area contributed by atoms with E-state index >= 15 is 0 Å². The Morgan fingerprint density at radius 3 is 2.78 bits per heavy atom. The zero-order valence-electron chi connectivity index (χ0n) is 5.59. The maximum Gasteiger partial charge on any atom is 0.0246 e. The van der Waals surface area contributed by atoms with Gasteiger partial charge in [-0.25, -0.2) is 0 Å². The molecule has 0 aromatic rings. The molecule has 1 aliphatic heterocycles. The zero-order valence-corrected chi connectivity index (χ0v) is 7.30. The summed E-state index contributed by atoms with van der Waals surface area (Å²) in [5.41, 5.74) is 1.30. The van der Waals surface area contributed by atoms with Crippen LogP contribution in [0.15, 0.2) is 22.0 Å². The normalized spacial score (nSPS) is 27.2. The third kappa shape index (κ3) is 1.80. The summed E-state index contributed by atoms with van der Waals surface area (Å²) < 4.78 is 0. The fourth-order valence-electron chi connectivity index (χ4n) is 0.741. The Morgan fingerprint density at radius 2 is 2.33 bits per heavy atom. The second kappa shape index (κ2) is 2.84. The molecule has 1 aliphatic rings. The monoisotopic (exact) mass is 158 g/mol. The van der Waals surface area contributed by atoms with E-state index in [2.05, 4.69) is 38.0 Å². The van der Waals surface area contributed by atoms with Gasteiger partial charge in [-0.1, -0.05) is 6.08 Å². The van der Waals surface area contributed by atoms with Gasteiger partial charge in [-0.2, -0.15) is 0 Å². The maximum atomic E-state index is 4.27. The Bertz CT molecular complexity index is 168. The van der Waals surface area contributed by atoms with Crippen molar-refractivity contribution >= 4 is 24.4 Å². The SMILES string of the molecule is CC1=CC(C)SC=C1S. The first kappa shape index (κ1) is 7.29. The van der Waals surface area contributed by atoms with Gasteiger partial charge in [0.15, 0.2) is 0 Å². The average molecular weight is 158 g/mol. The topological polar surface area (TPSA) is 0 Å². The Labute approximate surface area is 65.8 Å². The van der Waals surface area contributed by atoms with Crippen LogP contribution in [0.3, 0.4) is 0 Å². The number of hydrogen-bond acceptors (Lipinski definition) is 2. The van der Waals surface area contributed by atoms with Crippen molar-refractivity contribution in [2.75, 3.05) is 0 Å². The molecule has 0 fully saturated rings. The lowest BCUT2D eigenvalue weighted by molar-refractivity contribution is 1.21. The largest absolute Gasteiger partial charge is 0.143 e. The molecule has 0 aromatic carbocycles. The highest BCUT2D eigenvalue weighted by molar-refractivity contribution is 8.03. The lowest BCUT2D eigenvalue weighted by Crippen LogP contribution is -1.94. The molecule has 1 atom stereocenters. The van der Waals surface area contributed by atoms with E-state index in [1.807, 2.05) is 11.8 Å². The van der Waals surface area contributed by atoms with E-state index in [0.29, 0.717) is 5.25 Å². The molecular weight excluding hydrogens is 148 g/mol. The van der Waals surface area contributed by atoms with E-state index in [0.717, 1.165) is 4.91 Å². The number of allylic oxidation sites excluding steroid dienone is 1. The van der Waals surface area contributed by atoms with Crippen molar-refractivity contribution in [3.05, 3.63) is 22.0 Å². The predicted molar refractivity (Wildman–Crippen MR) is 47.9 cm³/mol. The molecular formula is C7H10S2. The van der Waals surface area contributed by atoms with Crippen LogP contribution >= 0.6 is 24.4 Å². The minimum Gasteiger partial charge on any atom is -0.143 e. The molecule has 9 heavy (non-hydrogen) atoms. The molecule has 1 rings (SSSR count). The van der Waals surface area contributed by atoms with Crippen LogP contribution in [0.25, 0.3) is 0 Å². The van der Waals surface area contributed by atoms with Crippen molar-refractivity contribution in [3.8, 4) is 0 Å². The van der Waals surface area contributed by atoms with Gasteiger partial charge in [-0.3, -0.25) is 0 Å². The number of hydrogen-bond donors (Lipinski definition) is 1. The molecule has 0 aromatic heterocycles. The molecule has 0 N–H and O–H groups in total. The zero-order chi connectivity index (χ0) is 6.85. The van der Waals surface area contributed by atoms with Crippen molar-refractivity contribution in [1.29, 1.82) is 0 Å². The molecule has 0 bridgehead atoms. The average Bonchev–Trinajstić information content (AvgIpc) is 1.80. The van der Waals surface area contributed by atoms with Crippen molar-refractivity contribution < 1.29 is 0 Å². The van der Waals surface area contributed by atoms with Gasteiger partial charge in [0.2, 0.25) is 0 Å². The van der Waals surface area contributed by atoms with Gasteiger partial charge in [0, 0.05) is 10.2 Å². The van der Waals surface area contributed by atoms with Gasteiger partial charge in [0.1, 0.15) is 0 Å². The van der Waals surface area contributed by atoms with Crippen LogP contribution in [0.2, 0.25) is 0 Å². The van der Waals surface area contributed by atoms with Crippen LogP contribution in [0.4, 0.5) is 0 Å². The molecule has 0 saturated heterocycles. The summed E-state index contributed by atoms with van der Waals surface area (Å²) in [6.45, 7) is 4.28. The van der Waals surface area contributed by atoms with E-state index in [1.54, 1.807) is 0 Å². The van der Waals surface area contributed by atoms with Gasteiger partial charge in [0.25, 0.3) is 0 Å². The van der Waals surface area contributed by atoms with Crippen LogP contribution in [0.5, 0.6) is 0 Å². The molecule has 2 heteroatoms. The first-order valence-corrected chi connectivity index (χ1v) is 4.32. The molecule has 50 valence electrons. The molecule has 0 saturated carbocycles. The highest BCUT2D eigenvalue weighted by atomic mass is 32.2. The smallest absolute Gasteiger partial charge is 0.0246 e. The maximum absolute atomic E-state index is 4.27. The van der Waals surface area contributed by atoms with Gasteiger partial charge in [-0.15, -0.1) is 24.4 Å². The number of rotatable bonds is 0. The van der Waals surface area contributed by atoms with Gasteiger partial charge >= 0.3 is 0 Å². The fraction of sp³-hybridized carbons (Fsp3) is 0.429. The van der Waals surface area contributed by atoms with Crippen molar-refractivity contribution in [2.45, 2.75) is 19.1 Å². The molecule has 0 spiro atoms. The summed E-state index contributed by atoms with van der Waals surface area (Å²) in [5.74, 6) is 0. The number of thiol groups is 1. The van der Waals surface area contributed by atoms with Gasteiger partial charge in [-0.05, 0) is 24.8 Å². The minimum atomic E-state index is 0.626. The molecule has 0 amide bonds. The van der Waals surface area contributed by atoms with E-state index < -0.39 is 0 Å². The van der Waals surface area contributed by atoms with Gasteiger partial charge < -0.3 is 0 Å². The van der Waals surface area contributed by atoms with Crippen molar-refractivity contribution in [3.63, 3.8) is 0 Å². The third-order valence-electron chi connectivity index (χ3n) is 1.28. The lowest BCUT2D eigenvalue weighted by Gasteiger charge is -2.11. The van der Waals surface area contributed by atoms with Crippen LogP contribution < -0.4 is 0 Å². The van der Waals surface area contributed by atoms with Crippen molar-refractivity contribution in [2.24, 2.45) is 0 Å². The number of thioether (sulfide) groups is 1. The van der Waals surface area contributed by atoms with Crippen LogP contribution in [-0.2, 0) is 0 Å². The first-order chi connectivity index (χ1) is 4.20. The summed E-state index contributed by atoms with van der Waals surface area (Å²) in [7, 11) is 0.